The number of pyridine rings is 2. The average Bonchev–Trinajstić information content (AvgIpc) is 3.30. The van der Waals surface area contributed by atoms with Gasteiger partial charge in [-0.15, -0.1) is 0 Å². The van der Waals surface area contributed by atoms with Gasteiger partial charge >= 0.3 is 0 Å². The maximum Gasteiger partial charge on any atom is 0.276 e. The summed E-state index contributed by atoms with van der Waals surface area (Å²) < 4.78 is 34.7. The summed E-state index contributed by atoms with van der Waals surface area (Å²) in [6.45, 7) is 4.35. The van der Waals surface area contributed by atoms with Crippen LogP contribution in [0.25, 0.3) is 21.6 Å². The third-order valence-corrected chi connectivity index (χ3v) is 8.28. The first kappa shape index (κ1) is 25.4. The lowest BCUT2D eigenvalue weighted by atomic mass is 9.92. The molecule has 1 aliphatic heterocycles. The summed E-state index contributed by atoms with van der Waals surface area (Å²) in [5, 5.41) is 0.635. The van der Waals surface area contributed by atoms with Gasteiger partial charge in [-0.05, 0) is 49.9 Å². The number of fused-ring (bicyclic) bond motifs is 1. The van der Waals surface area contributed by atoms with Gasteiger partial charge in [0.15, 0.2) is 14.9 Å². The minimum absolute atomic E-state index is 0.0138. The predicted octanol–water partition coefficient (Wildman–Crippen LogP) is 3.78. The molecule has 1 fully saturated rings. The van der Waals surface area contributed by atoms with Gasteiger partial charge in [0.1, 0.15) is 16.5 Å². The normalized spacial score (nSPS) is 15.7. The summed E-state index contributed by atoms with van der Waals surface area (Å²) in [6, 6.07) is 6.95. The van der Waals surface area contributed by atoms with Crippen molar-refractivity contribution in [1.29, 1.82) is 0 Å². The van der Waals surface area contributed by atoms with E-state index in [-0.39, 0.29) is 11.1 Å². The van der Waals surface area contributed by atoms with Crippen LogP contribution in [0.5, 0.6) is 5.19 Å². The molecular weight excluding hydrogens is 512 g/mol. The number of hydrogen-bond acceptors (Lipinski definition) is 11. The number of ether oxygens (including phenoxy) is 2. The first-order valence-corrected chi connectivity index (χ1v) is 14.7. The minimum Gasteiger partial charge on any atom is -0.467 e. The lowest BCUT2D eigenvalue weighted by Crippen LogP contribution is -2.39. The Morgan fingerprint density at radius 2 is 1.81 bits per heavy atom. The second-order valence-corrected chi connectivity index (χ2v) is 12.0. The van der Waals surface area contributed by atoms with Crippen molar-refractivity contribution in [2.24, 2.45) is 5.92 Å². The Balaban J connectivity index is 1.21. The number of rotatable bonds is 8. The Bertz CT molecular complexity index is 1470. The maximum absolute atomic E-state index is 11.7. The smallest absolute Gasteiger partial charge is 0.276 e. The van der Waals surface area contributed by atoms with Gasteiger partial charge in [-0.3, -0.25) is 0 Å². The largest absolute Gasteiger partial charge is 0.467 e. The Labute approximate surface area is 219 Å². The van der Waals surface area contributed by atoms with Crippen molar-refractivity contribution >= 4 is 37.5 Å². The summed E-state index contributed by atoms with van der Waals surface area (Å²) >= 11 is 1.41. The fourth-order valence-corrected chi connectivity index (χ4v) is 5.77. The number of piperidine rings is 1. The van der Waals surface area contributed by atoms with Crippen molar-refractivity contribution in [3.05, 3.63) is 48.4 Å². The van der Waals surface area contributed by atoms with Gasteiger partial charge in [-0.2, -0.15) is 0 Å². The molecule has 0 aromatic carbocycles. The van der Waals surface area contributed by atoms with Gasteiger partial charge in [-0.25, -0.2) is 33.3 Å². The highest BCUT2D eigenvalue weighted by atomic mass is 32.2. The molecule has 0 bridgehead atoms. The van der Waals surface area contributed by atoms with E-state index in [9.17, 15) is 8.42 Å². The summed E-state index contributed by atoms with van der Waals surface area (Å²) in [6.07, 6.45) is 8.27. The van der Waals surface area contributed by atoms with Crippen LogP contribution in [-0.4, -0.2) is 65.9 Å². The van der Waals surface area contributed by atoms with Gasteiger partial charge in [-0.1, -0.05) is 11.3 Å². The fraction of sp³-hybridized carbons (Fsp3) is 0.400. The molecule has 37 heavy (non-hydrogen) atoms. The highest BCUT2D eigenvalue weighted by molar-refractivity contribution is 7.90. The molecule has 0 spiro atoms. The Morgan fingerprint density at radius 3 is 2.46 bits per heavy atom. The van der Waals surface area contributed by atoms with Gasteiger partial charge in [0.25, 0.3) is 5.19 Å². The number of methoxy groups -OCH3 is 1. The first-order valence-electron chi connectivity index (χ1n) is 12.0. The van der Waals surface area contributed by atoms with Crippen molar-refractivity contribution in [3.8, 4) is 16.5 Å². The van der Waals surface area contributed by atoms with Crippen LogP contribution in [0.4, 0.5) is 5.95 Å². The van der Waals surface area contributed by atoms with Crippen LogP contribution in [-0.2, 0) is 21.2 Å². The van der Waals surface area contributed by atoms with E-state index >= 15 is 0 Å². The topological polar surface area (TPSA) is 120 Å². The number of nitrogens with zero attached hydrogens (tertiary/aromatic N) is 6. The fourth-order valence-electron chi connectivity index (χ4n) is 4.34. The molecule has 4 aromatic heterocycles. The van der Waals surface area contributed by atoms with Gasteiger partial charge in [0.2, 0.25) is 5.95 Å². The molecule has 0 radical (unpaired) electrons. The van der Waals surface area contributed by atoms with E-state index < -0.39 is 9.84 Å². The standard InChI is InChI=1S/C25H28N6O4S2/c1-16(18-8-10-31(11-9-18)24-27-12-17(13-28-24)15-34-2)35-25-30-21-6-5-20(29-23(21)36-25)19-4-7-22(26-14-19)37(3,32)33/h4-7,12-14,16,18H,8-11,15H2,1-3H3/t16-/m1/s1. The van der Waals surface area contributed by atoms with Gasteiger partial charge < -0.3 is 14.4 Å². The van der Waals surface area contributed by atoms with Crippen LogP contribution in [0, 0.1) is 5.92 Å². The van der Waals surface area contributed by atoms with Gasteiger partial charge in [0, 0.05) is 56.2 Å². The van der Waals surface area contributed by atoms with E-state index in [1.807, 2.05) is 24.5 Å². The van der Waals surface area contributed by atoms with E-state index in [4.69, 9.17) is 14.5 Å². The third kappa shape index (κ3) is 5.86. The van der Waals surface area contributed by atoms with Crippen molar-refractivity contribution < 1.29 is 17.9 Å². The molecule has 5 heterocycles. The molecule has 194 valence electrons. The van der Waals surface area contributed by atoms with Crippen LogP contribution in [0.1, 0.15) is 25.3 Å². The molecule has 5 rings (SSSR count). The molecule has 10 nitrogen and oxygen atoms in total. The molecular formula is C25H28N6O4S2. The Kier molecular flexibility index (Phi) is 7.31. The molecule has 1 aliphatic rings. The number of thiazole rings is 1. The van der Waals surface area contributed by atoms with E-state index in [0.29, 0.717) is 23.4 Å². The monoisotopic (exact) mass is 540 g/mol. The molecule has 0 saturated carbocycles. The predicted molar refractivity (Wildman–Crippen MR) is 142 cm³/mol. The molecule has 12 heteroatoms. The van der Waals surface area contributed by atoms with Gasteiger partial charge in [0.05, 0.1) is 12.3 Å². The Hall–Kier alpha value is -3.22. The number of anilines is 1. The van der Waals surface area contributed by atoms with E-state index in [2.05, 4.69) is 31.8 Å². The number of hydrogen-bond donors (Lipinski definition) is 0. The zero-order valence-corrected chi connectivity index (χ0v) is 22.5. The van der Waals surface area contributed by atoms with E-state index in [1.165, 1.54) is 23.6 Å². The third-order valence-electron chi connectivity index (χ3n) is 6.42. The van der Waals surface area contributed by atoms with Crippen LogP contribution >= 0.6 is 11.3 Å². The molecule has 0 N–H and O–H groups in total. The zero-order valence-electron chi connectivity index (χ0n) is 20.9. The summed E-state index contributed by atoms with van der Waals surface area (Å²) in [5.41, 5.74) is 3.17. The van der Waals surface area contributed by atoms with Crippen molar-refractivity contribution in [1.82, 2.24) is 24.9 Å². The molecule has 4 aromatic rings. The summed E-state index contributed by atoms with van der Waals surface area (Å²) in [5.74, 6) is 1.15. The summed E-state index contributed by atoms with van der Waals surface area (Å²) in [7, 11) is -1.69. The SMILES string of the molecule is COCc1cnc(N2CCC([C@@H](C)Oc3nc4ccc(-c5ccc(S(C)(=O)=O)nc5)nc4s3)CC2)nc1. The van der Waals surface area contributed by atoms with Crippen LogP contribution in [0.2, 0.25) is 0 Å². The summed E-state index contributed by atoms with van der Waals surface area (Å²) in [4.78, 5) is 25.3. The van der Waals surface area contributed by atoms with E-state index in [0.717, 1.165) is 59.6 Å². The molecule has 0 amide bonds. The number of aromatic nitrogens is 5. The lowest BCUT2D eigenvalue weighted by molar-refractivity contribution is 0.132. The second-order valence-electron chi connectivity index (χ2n) is 9.13. The van der Waals surface area contributed by atoms with Crippen LogP contribution < -0.4 is 9.64 Å². The highest BCUT2D eigenvalue weighted by Crippen LogP contribution is 2.32. The quantitative estimate of drug-likeness (QED) is 0.326. The molecule has 0 aliphatic carbocycles. The number of sulfone groups is 1. The average molecular weight is 541 g/mol. The lowest BCUT2D eigenvalue weighted by Gasteiger charge is -2.34. The Morgan fingerprint density at radius 1 is 1.05 bits per heavy atom. The van der Waals surface area contributed by atoms with Crippen LogP contribution in [0.3, 0.4) is 0 Å². The first-order chi connectivity index (χ1) is 17.8. The van der Waals surface area contributed by atoms with Crippen molar-refractivity contribution in [2.75, 3.05) is 31.4 Å². The van der Waals surface area contributed by atoms with Crippen LogP contribution in [0.15, 0.2) is 47.9 Å². The van der Waals surface area contributed by atoms with Crippen molar-refractivity contribution in [2.45, 2.75) is 37.5 Å². The minimum atomic E-state index is -3.34. The second kappa shape index (κ2) is 10.6. The molecule has 0 unspecified atom stereocenters. The molecule has 1 saturated heterocycles. The highest BCUT2D eigenvalue weighted by Gasteiger charge is 2.27. The molecule has 1 atom stereocenters. The van der Waals surface area contributed by atoms with Crippen molar-refractivity contribution in [3.63, 3.8) is 0 Å². The van der Waals surface area contributed by atoms with E-state index in [1.54, 1.807) is 13.2 Å². The maximum atomic E-state index is 11.7. The zero-order chi connectivity index (χ0) is 26.0.